The zero-order valence-electron chi connectivity index (χ0n) is 11.5. The van der Waals surface area contributed by atoms with Crippen LogP contribution < -0.4 is 5.32 Å². The number of nitrogens with zero attached hydrogens (tertiary/aromatic N) is 1. The number of likely N-dealkylation sites (N-methyl/N-ethyl adjacent to an activating group) is 1. The fourth-order valence-corrected chi connectivity index (χ4v) is 2.62. The van der Waals surface area contributed by atoms with Gasteiger partial charge in [0.05, 0.1) is 0 Å². The highest BCUT2D eigenvalue weighted by Gasteiger charge is 2.17. The molecule has 1 aliphatic carbocycles. The summed E-state index contributed by atoms with van der Waals surface area (Å²) in [5.74, 6) is 1.93. The summed E-state index contributed by atoms with van der Waals surface area (Å²) >= 11 is 0. The minimum atomic E-state index is 0.952. The predicted octanol–water partition coefficient (Wildman–Crippen LogP) is 2.74. The molecule has 1 aliphatic rings. The van der Waals surface area contributed by atoms with Gasteiger partial charge in [-0.05, 0) is 44.3 Å². The lowest BCUT2D eigenvalue weighted by atomic mass is 9.83. The molecule has 0 spiro atoms. The second-order valence-corrected chi connectivity index (χ2v) is 5.36. The fraction of sp³-hybridized carbons (Fsp3) is 1.00. The molecule has 0 saturated heterocycles. The van der Waals surface area contributed by atoms with E-state index in [-0.39, 0.29) is 0 Å². The lowest BCUT2D eigenvalue weighted by Crippen LogP contribution is -2.34. The van der Waals surface area contributed by atoms with Crippen molar-refractivity contribution >= 4 is 0 Å². The van der Waals surface area contributed by atoms with Gasteiger partial charge in [-0.1, -0.05) is 33.6 Å². The lowest BCUT2D eigenvalue weighted by Gasteiger charge is -2.26. The molecule has 1 saturated carbocycles. The van der Waals surface area contributed by atoms with E-state index in [1.807, 2.05) is 0 Å². The predicted molar refractivity (Wildman–Crippen MR) is 71.8 cm³/mol. The smallest absolute Gasteiger partial charge is 0.0107 e. The van der Waals surface area contributed by atoms with Gasteiger partial charge in [0.15, 0.2) is 0 Å². The van der Waals surface area contributed by atoms with Crippen molar-refractivity contribution in [2.24, 2.45) is 11.8 Å². The first kappa shape index (κ1) is 14.0. The Morgan fingerprint density at radius 3 is 2.25 bits per heavy atom. The first-order valence-electron chi connectivity index (χ1n) is 7.19. The van der Waals surface area contributed by atoms with Gasteiger partial charge in [-0.25, -0.2) is 0 Å². The summed E-state index contributed by atoms with van der Waals surface area (Å²) < 4.78 is 0. The lowest BCUT2D eigenvalue weighted by molar-refractivity contribution is 0.267. The molecule has 0 amide bonds. The van der Waals surface area contributed by atoms with Gasteiger partial charge in [-0.3, -0.25) is 0 Å². The fourth-order valence-electron chi connectivity index (χ4n) is 2.62. The summed E-state index contributed by atoms with van der Waals surface area (Å²) in [5.41, 5.74) is 0. The summed E-state index contributed by atoms with van der Waals surface area (Å²) in [4.78, 5) is 2.48. The van der Waals surface area contributed by atoms with E-state index in [2.05, 4.69) is 31.0 Å². The normalized spacial score (nSPS) is 26.2. The minimum absolute atomic E-state index is 0.952. The Labute approximate surface area is 102 Å². The second-order valence-electron chi connectivity index (χ2n) is 5.36. The number of hydrogen-bond acceptors (Lipinski definition) is 2. The molecule has 0 unspecified atom stereocenters. The summed E-state index contributed by atoms with van der Waals surface area (Å²) in [6.45, 7) is 12.8. The van der Waals surface area contributed by atoms with Crippen molar-refractivity contribution in [3.05, 3.63) is 0 Å². The Balaban J connectivity index is 1.98. The van der Waals surface area contributed by atoms with Crippen molar-refractivity contribution in [1.29, 1.82) is 0 Å². The van der Waals surface area contributed by atoms with E-state index in [0.717, 1.165) is 18.4 Å². The van der Waals surface area contributed by atoms with Gasteiger partial charge in [-0.15, -0.1) is 0 Å². The Morgan fingerprint density at radius 1 is 1.06 bits per heavy atom. The quantitative estimate of drug-likeness (QED) is 0.672. The highest BCUT2D eigenvalue weighted by atomic mass is 15.1. The van der Waals surface area contributed by atoms with E-state index in [1.165, 1.54) is 51.9 Å². The SMILES string of the molecule is CCN(CC)CCNCC1CCC(C)CC1. The van der Waals surface area contributed by atoms with Crippen LogP contribution in [0.25, 0.3) is 0 Å². The first-order chi connectivity index (χ1) is 7.76. The summed E-state index contributed by atoms with van der Waals surface area (Å²) in [6, 6.07) is 0. The maximum atomic E-state index is 3.63. The van der Waals surface area contributed by atoms with Crippen LogP contribution in [-0.4, -0.2) is 37.6 Å². The molecular weight excluding hydrogens is 196 g/mol. The molecule has 1 N–H and O–H groups in total. The van der Waals surface area contributed by atoms with Crippen molar-refractivity contribution in [2.75, 3.05) is 32.7 Å². The standard InChI is InChI=1S/C14H30N2/c1-4-16(5-2)11-10-15-12-14-8-6-13(3)7-9-14/h13-15H,4-12H2,1-3H3. The summed E-state index contributed by atoms with van der Waals surface area (Å²) in [7, 11) is 0. The molecule has 0 radical (unpaired) electrons. The molecule has 2 heteroatoms. The van der Waals surface area contributed by atoms with E-state index < -0.39 is 0 Å². The van der Waals surface area contributed by atoms with Gasteiger partial charge in [0.1, 0.15) is 0 Å². The molecule has 16 heavy (non-hydrogen) atoms. The maximum absolute atomic E-state index is 3.63. The van der Waals surface area contributed by atoms with Crippen LogP contribution in [0.3, 0.4) is 0 Å². The first-order valence-corrected chi connectivity index (χ1v) is 7.19. The third kappa shape index (κ3) is 5.31. The Kier molecular flexibility index (Phi) is 7.06. The summed E-state index contributed by atoms with van der Waals surface area (Å²) in [6.07, 6.45) is 5.78. The number of nitrogens with one attached hydrogen (secondary N) is 1. The van der Waals surface area contributed by atoms with Crippen molar-refractivity contribution in [2.45, 2.75) is 46.5 Å². The van der Waals surface area contributed by atoms with Gasteiger partial charge in [-0.2, -0.15) is 0 Å². The zero-order chi connectivity index (χ0) is 11.8. The molecule has 0 atom stereocenters. The van der Waals surface area contributed by atoms with Crippen molar-refractivity contribution in [3.8, 4) is 0 Å². The number of hydrogen-bond donors (Lipinski definition) is 1. The molecule has 2 nitrogen and oxygen atoms in total. The molecule has 1 rings (SSSR count). The molecule has 0 bridgehead atoms. The van der Waals surface area contributed by atoms with Crippen LogP contribution in [0, 0.1) is 11.8 Å². The highest BCUT2D eigenvalue weighted by Crippen LogP contribution is 2.27. The Bertz CT molecular complexity index is 158. The van der Waals surface area contributed by atoms with E-state index in [9.17, 15) is 0 Å². The van der Waals surface area contributed by atoms with E-state index >= 15 is 0 Å². The molecule has 1 fully saturated rings. The van der Waals surface area contributed by atoms with Gasteiger partial charge in [0.2, 0.25) is 0 Å². The van der Waals surface area contributed by atoms with Crippen LogP contribution in [0.2, 0.25) is 0 Å². The molecule has 0 aromatic carbocycles. The number of rotatable bonds is 7. The van der Waals surface area contributed by atoms with Crippen molar-refractivity contribution < 1.29 is 0 Å². The van der Waals surface area contributed by atoms with Crippen LogP contribution in [0.1, 0.15) is 46.5 Å². The zero-order valence-corrected chi connectivity index (χ0v) is 11.5. The second kappa shape index (κ2) is 8.08. The van der Waals surface area contributed by atoms with E-state index in [1.54, 1.807) is 0 Å². The summed E-state index contributed by atoms with van der Waals surface area (Å²) in [5, 5.41) is 3.63. The van der Waals surface area contributed by atoms with Crippen molar-refractivity contribution in [1.82, 2.24) is 10.2 Å². The van der Waals surface area contributed by atoms with E-state index in [0.29, 0.717) is 0 Å². The molecule has 0 aliphatic heterocycles. The average Bonchev–Trinajstić information content (AvgIpc) is 2.32. The van der Waals surface area contributed by atoms with Crippen LogP contribution >= 0.6 is 0 Å². The molecular formula is C14H30N2. The maximum Gasteiger partial charge on any atom is 0.0107 e. The Hall–Kier alpha value is -0.0800. The van der Waals surface area contributed by atoms with Gasteiger partial charge in [0, 0.05) is 13.1 Å². The highest BCUT2D eigenvalue weighted by molar-refractivity contribution is 4.72. The van der Waals surface area contributed by atoms with E-state index in [4.69, 9.17) is 0 Å². The average molecular weight is 226 g/mol. The van der Waals surface area contributed by atoms with Gasteiger partial charge < -0.3 is 10.2 Å². The monoisotopic (exact) mass is 226 g/mol. The molecule has 0 heterocycles. The van der Waals surface area contributed by atoms with Gasteiger partial charge >= 0.3 is 0 Å². The largest absolute Gasteiger partial charge is 0.315 e. The third-order valence-corrected chi connectivity index (χ3v) is 4.07. The van der Waals surface area contributed by atoms with Crippen LogP contribution in [0.5, 0.6) is 0 Å². The van der Waals surface area contributed by atoms with Crippen LogP contribution in [0.15, 0.2) is 0 Å². The molecule has 0 aromatic heterocycles. The van der Waals surface area contributed by atoms with Gasteiger partial charge in [0.25, 0.3) is 0 Å². The Morgan fingerprint density at radius 2 is 1.69 bits per heavy atom. The van der Waals surface area contributed by atoms with Crippen LogP contribution in [0.4, 0.5) is 0 Å². The molecule has 0 aromatic rings. The topological polar surface area (TPSA) is 15.3 Å². The van der Waals surface area contributed by atoms with Crippen LogP contribution in [-0.2, 0) is 0 Å². The minimum Gasteiger partial charge on any atom is -0.315 e. The third-order valence-electron chi connectivity index (χ3n) is 4.07. The molecule has 96 valence electrons. The van der Waals surface area contributed by atoms with Crippen molar-refractivity contribution in [3.63, 3.8) is 0 Å².